The van der Waals surface area contributed by atoms with Crippen LogP contribution in [0, 0.1) is 10.7 Å². The van der Waals surface area contributed by atoms with Crippen LogP contribution in [0.5, 0.6) is 5.75 Å². The van der Waals surface area contributed by atoms with Crippen LogP contribution in [0.15, 0.2) is 12.1 Å². The summed E-state index contributed by atoms with van der Waals surface area (Å²) in [6.45, 7) is 0. The Labute approximate surface area is 152 Å². The van der Waals surface area contributed by atoms with Crippen molar-refractivity contribution in [3.05, 3.63) is 22.8 Å². The molecule has 0 spiro atoms. The van der Waals surface area contributed by atoms with Gasteiger partial charge in [-0.25, -0.2) is 0 Å². The Morgan fingerprint density at radius 3 is 2.11 bits per heavy atom. The minimum absolute atomic E-state index is 0.0892. The van der Waals surface area contributed by atoms with Crippen molar-refractivity contribution in [2.24, 2.45) is 0 Å². The maximum absolute atomic E-state index is 11.7. The maximum atomic E-state index is 11.7. The number of carbonyl (C=O) groups is 2. The maximum Gasteiger partial charge on any atom is 0.311 e. The summed E-state index contributed by atoms with van der Waals surface area (Å²) in [6.07, 6.45) is 1.35. The van der Waals surface area contributed by atoms with E-state index in [1.54, 1.807) is 0 Å². The van der Waals surface area contributed by atoms with Gasteiger partial charge in [-0.05, 0) is 92.7 Å². The highest BCUT2D eigenvalue weighted by Gasteiger charge is 2.12. The third kappa shape index (κ3) is 6.56. The third-order valence-corrected chi connectivity index (χ3v) is 4.43. The SMILES string of the molecule is O=C(O)CCCCC(=O)Oc1c(I)cc(I)cc1I. The minimum Gasteiger partial charge on any atom is -0.481 e. The third-order valence-electron chi connectivity index (χ3n) is 2.20. The second-order valence-electron chi connectivity index (χ2n) is 3.77. The van der Waals surface area contributed by atoms with Crippen LogP contribution in [-0.4, -0.2) is 17.0 Å². The average molecular weight is 600 g/mol. The summed E-state index contributed by atoms with van der Waals surface area (Å²) in [4.78, 5) is 22.0. The van der Waals surface area contributed by atoms with Crippen LogP contribution >= 0.6 is 67.8 Å². The number of ether oxygens (including phenoxy) is 1. The van der Waals surface area contributed by atoms with Crippen LogP contribution in [0.25, 0.3) is 0 Å². The molecule has 0 heterocycles. The van der Waals surface area contributed by atoms with Gasteiger partial charge in [-0.1, -0.05) is 0 Å². The number of hydrogen-bond donors (Lipinski definition) is 1. The van der Waals surface area contributed by atoms with Crippen LogP contribution in [0.2, 0.25) is 0 Å². The topological polar surface area (TPSA) is 63.6 Å². The molecule has 0 atom stereocenters. The second kappa shape index (κ2) is 8.60. The van der Waals surface area contributed by atoms with Gasteiger partial charge in [0.15, 0.2) is 5.75 Å². The Balaban J connectivity index is 2.51. The number of benzene rings is 1. The molecule has 0 unspecified atom stereocenters. The van der Waals surface area contributed by atoms with E-state index in [2.05, 4.69) is 67.8 Å². The molecule has 1 rings (SSSR count). The minimum atomic E-state index is -0.838. The predicted molar refractivity (Wildman–Crippen MR) is 96.3 cm³/mol. The van der Waals surface area contributed by atoms with Gasteiger partial charge >= 0.3 is 11.9 Å². The van der Waals surface area contributed by atoms with Gasteiger partial charge in [0, 0.05) is 16.4 Å². The average Bonchev–Trinajstić information content (AvgIpc) is 2.29. The van der Waals surface area contributed by atoms with Crippen LogP contribution in [0.4, 0.5) is 0 Å². The Bertz CT molecular complexity index is 465. The van der Waals surface area contributed by atoms with Crippen molar-refractivity contribution in [2.45, 2.75) is 25.7 Å². The fraction of sp³-hybridized carbons (Fsp3) is 0.333. The van der Waals surface area contributed by atoms with Crippen LogP contribution in [-0.2, 0) is 9.59 Å². The molecule has 19 heavy (non-hydrogen) atoms. The van der Waals surface area contributed by atoms with E-state index in [0.717, 1.165) is 10.7 Å². The molecule has 0 saturated carbocycles. The van der Waals surface area contributed by atoms with Gasteiger partial charge in [0.1, 0.15) is 0 Å². The summed E-state index contributed by atoms with van der Waals surface area (Å²) in [7, 11) is 0. The van der Waals surface area contributed by atoms with Crippen LogP contribution in [0.3, 0.4) is 0 Å². The van der Waals surface area contributed by atoms with E-state index in [0.29, 0.717) is 18.6 Å². The molecule has 1 aromatic carbocycles. The van der Waals surface area contributed by atoms with E-state index < -0.39 is 5.97 Å². The lowest BCUT2D eigenvalue weighted by Gasteiger charge is -2.09. The van der Waals surface area contributed by atoms with E-state index in [1.165, 1.54) is 0 Å². The fourth-order valence-electron chi connectivity index (χ4n) is 1.34. The van der Waals surface area contributed by atoms with Gasteiger partial charge in [0.25, 0.3) is 0 Å². The molecule has 0 aliphatic rings. The smallest absolute Gasteiger partial charge is 0.311 e. The number of unbranched alkanes of at least 4 members (excludes halogenated alkanes) is 1. The zero-order valence-corrected chi connectivity index (χ0v) is 16.3. The Morgan fingerprint density at radius 2 is 1.58 bits per heavy atom. The largest absolute Gasteiger partial charge is 0.481 e. The van der Waals surface area contributed by atoms with E-state index >= 15 is 0 Å². The number of esters is 1. The van der Waals surface area contributed by atoms with Gasteiger partial charge in [-0.15, -0.1) is 0 Å². The molecule has 1 N–H and O–H groups in total. The standard InChI is InChI=1S/C12H11I3O4/c13-7-5-8(14)12(9(15)6-7)19-11(18)4-2-1-3-10(16)17/h5-6H,1-4H2,(H,16,17). The first-order valence-electron chi connectivity index (χ1n) is 5.47. The molecule has 0 amide bonds. The lowest BCUT2D eigenvalue weighted by atomic mass is 10.2. The molecule has 0 saturated heterocycles. The van der Waals surface area contributed by atoms with Crippen molar-refractivity contribution in [3.8, 4) is 5.75 Å². The molecule has 0 aliphatic heterocycles. The van der Waals surface area contributed by atoms with Crippen molar-refractivity contribution in [1.29, 1.82) is 0 Å². The Hall–Kier alpha value is 0.350. The summed E-state index contributed by atoms with van der Waals surface area (Å²) in [5.41, 5.74) is 0. The first kappa shape index (κ1) is 17.4. The predicted octanol–water partition coefficient (Wildman–Crippen LogP) is 4.05. The molecule has 0 aliphatic carbocycles. The van der Waals surface area contributed by atoms with E-state index in [-0.39, 0.29) is 18.8 Å². The number of hydrogen-bond acceptors (Lipinski definition) is 3. The van der Waals surface area contributed by atoms with E-state index in [4.69, 9.17) is 9.84 Å². The fourth-order valence-corrected chi connectivity index (χ4v) is 5.14. The molecule has 4 nitrogen and oxygen atoms in total. The summed E-state index contributed by atoms with van der Waals surface area (Å²) in [5, 5.41) is 8.49. The summed E-state index contributed by atoms with van der Waals surface area (Å²) in [6, 6.07) is 3.88. The lowest BCUT2D eigenvalue weighted by molar-refractivity contribution is -0.138. The Kier molecular flexibility index (Phi) is 7.87. The number of rotatable bonds is 6. The van der Waals surface area contributed by atoms with E-state index in [9.17, 15) is 9.59 Å². The zero-order chi connectivity index (χ0) is 14.4. The zero-order valence-electron chi connectivity index (χ0n) is 9.79. The van der Waals surface area contributed by atoms with Gasteiger partial charge < -0.3 is 9.84 Å². The Morgan fingerprint density at radius 1 is 1.05 bits per heavy atom. The first-order chi connectivity index (χ1) is 8.90. The first-order valence-corrected chi connectivity index (χ1v) is 8.71. The van der Waals surface area contributed by atoms with Crippen molar-refractivity contribution in [2.75, 3.05) is 0 Å². The second-order valence-corrected chi connectivity index (χ2v) is 7.34. The van der Waals surface area contributed by atoms with Crippen molar-refractivity contribution < 1.29 is 19.4 Å². The van der Waals surface area contributed by atoms with Gasteiger partial charge in [0.2, 0.25) is 0 Å². The molecular formula is C12H11I3O4. The number of aliphatic carboxylic acids is 1. The van der Waals surface area contributed by atoms with Gasteiger partial charge in [0.05, 0.1) is 7.14 Å². The summed E-state index contributed by atoms with van der Waals surface area (Å²) in [5.74, 6) is -0.567. The number of halogens is 3. The number of carbonyl (C=O) groups excluding carboxylic acids is 1. The van der Waals surface area contributed by atoms with Crippen molar-refractivity contribution in [1.82, 2.24) is 0 Å². The molecule has 0 radical (unpaired) electrons. The van der Waals surface area contributed by atoms with Crippen molar-refractivity contribution >= 4 is 79.7 Å². The normalized spacial score (nSPS) is 10.3. The highest BCUT2D eigenvalue weighted by molar-refractivity contribution is 14.1. The molecule has 7 heteroatoms. The van der Waals surface area contributed by atoms with E-state index in [1.807, 2.05) is 12.1 Å². The van der Waals surface area contributed by atoms with Crippen LogP contribution < -0.4 is 4.74 Å². The van der Waals surface area contributed by atoms with Gasteiger partial charge in [-0.2, -0.15) is 0 Å². The molecule has 0 bridgehead atoms. The molecular weight excluding hydrogens is 589 g/mol. The quantitative estimate of drug-likeness (QED) is 0.232. The highest BCUT2D eigenvalue weighted by Crippen LogP contribution is 2.29. The summed E-state index contributed by atoms with van der Waals surface area (Å²) < 4.78 is 8.22. The summed E-state index contributed by atoms with van der Waals surface area (Å²) >= 11 is 6.48. The molecule has 104 valence electrons. The van der Waals surface area contributed by atoms with Crippen LogP contribution in [0.1, 0.15) is 25.7 Å². The monoisotopic (exact) mass is 600 g/mol. The van der Waals surface area contributed by atoms with Crippen molar-refractivity contribution in [3.63, 3.8) is 0 Å². The molecule has 1 aromatic rings. The molecule has 0 aromatic heterocycles. The number of carboxylic acid groups (broad SMARTS) is 1. The highest BCUT2D eigenvalue weighted by atomic mass is 127. The van der Waals surface area contributed by atoms with Gasteiger partial charge in [-0.3, -0.25) is 9.59 Å². The number of carboxylic acids is 1. The lowest BCUT2D eigenvalue weighted by Crippen LogP contribution is -2.10. The molecule has 0 fully saturated rings.